The zero-order valence-electron chi connectivity index (χ0n) is 17.4. The molecule has 0 saturated carbocycles. The molecule has 7 nitrogen and oxygen atoms in total. The van der Waals surface area contributed by atoms with Gasteiger partial charge < -0.3 is 10.1 Å². The van der Waals surface area contributed by atoms with Crippen LogP contribution in [0.25, 0.3) is 0 Å². The number of nitrogens with zero attached hydrogens (tertiary/aromatic N) is 5. The third-order valence-corrected chi connectivity index (χ3v) is 5.33. The summed E-state index contributed by atoms with van der Waals surface area (Å²) in [4.78, 5) is 2.53. The third-order valence-electron chi connectivity index (χ3n) is 5.33. The van der Waals surface area contributed by atoms with E-state index in [0.717, 1.165) is 25.3 Å². The minimum atomic E-state index is 0.649. The Kier molecular flexibility index (Phi) is 7.28. The Hall–Kier alpha value is -2.93. The molecule has 7 heteroatoms. The minimum absolute atomic E-state index is 0.649. The molecular formula is C23H30N6O. The van der Waals surface area contributed by atoms with E-state index in [0.29, 0.717) is 19.1 Å². The highest BCUT2D eigenvalue weighted by Gasteiger charge is 2.10. The van der Waals surface area contributed by atoms with Crippen LogP contribution in [0, 0.1) is 0 Å². The maximum atomic E-state index is 5.96. The number of anilines is 1. The van der Waals surface area contributed by atoms with Gasteiger partial charge in [-0.2, -0.15) is 0 Å². The first-order valence-electron chi connectivity index (χ1n) is 10.8. The number of rotatable bonds is 10. The fourth-order valence-corrected chi connectivity index (χ4v) is 3.77. The van der Waals surface area contributed by atoms with Gasteiger partial charge in [-0.1, -0.05) is 54.0 Å². The molecule has 0 amide bonds. The van der Waals surface area contributed by atoms with Crippen molar-refractivity contribution < 1.29 is 4.74 Å². The zero-order chi connectivity index (χ0) is 20.4. The summed E-state index contributed by atoms with van der Waals surface area (Å²) in [5, 5.41) is 15.2. The fraction of sp³-hybridized carbons (Fsp3) is 0.435. The van der Waals surface area contributed by atoms with E-state index in [9.17, 15) is 0 Å². The van der Waals surface area contributed by atoms with Crippen molar-refractivity contribution >= 4 is 5.95 Å². The van der Waals surface area contributed by atoms with E-state index in [1.54, 1.807) is 4.68 Å². The number of ether oxygens (including phenoxy) is 1. The minimum Gasteiger partial charge on any atom is -0.494 e. The molecule has 0 atom stereocenters. The van der Waals surface area contributed by atoms with Gasteiger partial charge in [0.25, 0.3) is 0 Å². The van der Waals surface area contributed by atoms with Gasteiger partial charge >= 0.3 is 0 Å². The molecule has 0 unspecified atom stereocenters. The van der Waals surface area contributed by atoms with E-state index >= 15 is 0 Å². The smallest absolute Gasteiger partial charge is 0.243 e. The number of nitrogens with one attached hydrogen (secondary N) is 1. The van der Waals surface area contributed by atoms with Crippen molar-refractivity contribution in [2.24, 2.45) is 0 Å². The van der Waals surface area contributed by atoms with Crippen LogP contribution < -0.4 is 10.1 Å². The third kappa shape index (κ3) is 6.03. The van der Waals surface area contributed by atoms with Crippen LogP contribution in [0.1, 0.15) is 36.8 Å². The van der Waals surface area contributed by atoms with Gasteiger partial charge in [-0.3, -0.25) is 4.90 Å². The highest BCUT2D eigenvalue weighted by Crippen LogP contribution is 2.17. The maximum Gasteiger partial charge on any atom is 0.243 e. The number of hydrogen-bond donors (Lipinski definition) is 1. The number of hydrogen-bond acceptors (Lipinski definition) is 6. The first kappa shape index (κ1) is 20.3. The van der Waals surface area contributed by atoms with Crippen LogP contribution in [0.5, 0.6) is 5.75 Å². The lowest BCUT2D eigenvalue weighted by Gasteiger charge is -2.26. The molecule has 0 bridgehead atoms. The summed E-state index contributed by atoms with van der Waals surface area (Å²) in [6.07, 6.45) is 4.87. The average Bonchev–Trinajstić information content (AvgIpc) is 3.22. The highest BCUT2D eigenvalue weighted by molar-refractivity contribution is 5.28. The largest absolute Gasteiger partial charge is 0.494 e. The molecule has 1 saturated heterocycles. The molecule has 0 radical (unpaired) electrons. The number of likely N-dealkylation sites (tertiary alicyclic amines) is 1. The average molecular weight is 407 g/mol. The Bertz CT molecular complexity index is 891. The molecule has 2 aromatic carbocycles. The Morgan fingerprint density at radius 3 is 2.60 bits per heavy atom. The number of aromatic nitrogens is 4. The molecule has 1 aliphatic rings. The molecule has 4 rings (SSSR count). The van der Waals surface area contributed by atoms with Gasteiger partial charge in [-0.15, -0.1) is 0 Å². The van der Waals surface area contributed by atoms with E-state index in [1.165, 1.54) is 43.5 Å². The first-order chi connectivity index (χ1) is 14.9. The molecule has 30 heavy (non-hydrogen) atoms. The number of benzene rings is 2. The Labute approximate surface area is 178 Å². The fourth-order valence-electron chi connectivity index (χ4n) is 3.77. The van der Waals surface area contributed by atoms with Gasteiger partial charge in [0, 0.05) is 13.1 Å². The predicted octanol–water partition coefficient (Wildman–Crippen LogP) is 3.59. The van der Waals surface area contributed by atoms with E-state index in [4.69, 9.17) is 4.74 Å². The molecule has 0 spiro atoms. The van der Waals surface area contributed by atoms with Crippen molar-refractivity contribution in [3.05, 3.63) is 65.7 Å². The van der Waals surface area contributed by atoms with E-state index < -0.39 is 0 Å². The van der Waals surface area contributed by atoms with E-state index in [-0.39, 0.29) is 0 Å². The van der Waals surface area contributed by atoms with Gasteiger partial charge in [-0.05, 0) is 66.0 Å². The van der Waals surface area contributed by atoms with E-state index in [1.807, 2.05) is 24.3 Å². The van der Waals surface area contributed by atoms with Crippen molar-refractivity contribution in [3.63, 3.8) is 0 Å². The highest BCUT2D eigenvalue weighted by atomic mass is 16.5. The molecule has 3 aromatic rings. The molecule has 1 aliphatic heterocycles. The van der Waals surface area contributed by atoms with Gasteiger partial charge in [0.15, 0.2) is 0 Å². The quantitative estimate of drug-likeness (QED) is 0.519. The molecule has 158 valence electrons. The molecule has 2 heterocycles. The topological polar surface area (TPSA) is 68.1 Å². The van der Waals surface area contributed by atoms with Gasteiger partial charge in [-0.25, -0.2) is 4.68 Å². The number of piperidine rings is 1. The van der Waals surface area contributed by atoms with Crippen LogP contribution in [0.4, 0.5) is 5.95 Å². The summed E-state index contributed by atoms with van der Waals surface area (Å²) in [6, 6.07) is 18.7. The van der Waals surface area contributed by atoms with Gasteiger partial charge in [0.1, 0.15) is 5.75 Å². The van der Waals surface area contributed by atoms with Crippen LogP contribution in [0.15, 0.2) is 54.6 Å². The van der Waals surface area contributed by atoms with E-state index in [2.05, 4.69) is 56.1 Å². The van der Waals surface area contributed by atoms with Gasteiger partial charge in [0.05, 0.1) is 13.2 Å². The summed E-state index contributed by atoms with van der Waals surface area (Å²) in [7, 11) is 0. The maximum absolute atomic E-state index is 5.96. The SMILES string of the molecule is c1ccc(Cn2nnnc2NCCCOc2cccc(CN3CCCCC3)c2)cc1. The van der Waals surface area contributed by atoms with Crippen LogP contribution >= 0.6 is 0 Å². The van der Waals surface area contributed by atoms with Crippen molar-refractivity contribution in [1.82, 2.24) is 25.1 Å². The summed E-state index contributed by atoms with van der Waals surface area (Å²) >= 11 is 0. The first-order valence-corrected chi connectivity index (χ1v) is 10.8. The normalized spacial score (nSPS) is 14.5. The summed E-state index contributed by atoms with van der Waals surface area (Å²) in [5.41, 5.74) is 2.49. The second kappa shape index (κ2) is 10.7. The molecule has 0 aliphatic carbocycles. The summed E-state index contributed by atoms with van der Waals surface area (Å²) in [5.74, 6) is 1.63. The Balaban J connectivity index is 1.19. The standard InChI is InChI=1S/C23H30N6O/c1-3-9-20(10-4-1)19-29-23(25-26-27-29)24-13-8-16-30-22-12-7-11-21(17-22)18-28-14-5-2-6-15-28/h1,3-4,7,9-12,17H,2,5-6,8,13-16,18-19H2,(H,24,25,27). The van der Waals surface area contributed by atoms with Crippen molar-refractivity contribution in [3.8, 4) is 5.75 Å². The molecule has 1 fully saturated rings. The Morgan fingerprint density at radius 1 is 0.900 bits per heavy atom. The van der Waals surface area contributed by atoms with Crippen LogP contribution in [0.3, 0.4) is 0 Å². The van der Waals surface area contributed by atoms with Crippen LogP contribution in [0.2, 0.25) is 0 Å². The second-order valence-corrected chi connectivity index (χ2v) is 7.76. The van der Waals surface area contributed by atoms with Crippen LogP contribution in [-0.2, 0) is 13.1 Å². The number of tetrazole rings is 1. The lowest BCUT2D eigenvalue weighted by atomic mass is 10.1. The van der Waals surface area contributed by atoms with Crippen molar-refractivity contribution in [2.45, 2.75) is 38.8 Å². The predicted molar refractivity (Wildman–Crippen MR) is 118 cm³/mol. The Morgan fingerprint density at radius 2 is 1.73 bits per heavy atom. The monoisotopic (exact) mass is 406 g/mol. The summed E-state index contributed by atoms with van der Waals surface area (Å²) in [6.45, 7) is 5.49. The molecule has 1 N–H and O–H groups in total. The lowest BCUT2D eigenvalue weighted by Crippen LogP contribution is -2.29. The van der Waals surface area contributed by atoms with Crippen molar-refractivity contribution in [2.75, 3.05) is 31.6 Å². The summed E-state index contributed by atoms with van der Waals surface area (Å²) < 4.78 is 7.74. The van der Waals surface area contributed by atoms with Gasteiger partial charge in [0.2, 0.25) is 5.95 Å². The lowest BCUT2D eigenvalue weighted by molar-refractivity contribution is 0.220. The zero-order valence-corrected chi connectivity index (χ0v) is 17.4. The second-order valence-electron chi connectivity index (χ2n) is 7.76. The molecule has 1 aromatic heterocycles. The molecular weight excluding hydrogens is 376 g/mol. The van der Waals surface area contributed by atoms with Crippen molar-refractivity contribution in [1.29, 1.82) is 0 Å². The van der Waals surface area contributed by atoms with Crippen LogP contribution in [-0.4, -0.2) is 51.3 Å².